The predicted octanol–water partition coefficient (Wildman–Crippen LogP) is 0.857. The highest BCUT2D eigenvalue weighted by molar-refractivity contribution is 5.33. The maximum absolute atomic E-state index is 11.4. The molecule has 0 unspecified atom stereocenters. The van der Waals surface area contributed by atoms with Gasteiger partial charge in [-0.1, -0.05) is 0 Å². The van der Waals surface area contributed by atoms with Gasteiger partial charge in [-0.2, -0.15) is 0 Å². The van der Waals surface area contributed by atoms with Gasteiger partial charge in [0.05, 0.1) is 5.69 Å². The molecule has 0 saturated carbocycles. The fourth-order valence-corrected chi connectivity index (χ4v) is 1.26. The molecule has 0 saturated heterocycles. The van der Waals surface area contributed by atoms with Crippen LogP contribution in [0.3, 0.4) is 0 Å². The first-order valence-corrected chi connectivity index (χ1v) is 4.69. The monoisotopic (exact) mass is 196 g/mol. The van der Waals surface area contributed by atoms with E-state index < -0.39 is 0 Å². The predicted molar refractivity (Wildman–Crippen MR) is 56.2 cm³/mol. The molecule has 4 heteroatoms. The zero-order valence-corrected chi connectivity index (χ0v) is 8.40. The lowest BCUT2D eigenvalue weighted by atomic mass is 10.3. The molecule has 0 bridgehead atoms. The summed E-state index contributed by atoms with van der Waals surface area (Å²) in [7, 11) is 1.67. The minimum Gasteiger partial charge on any atom is -0.394 e. The lowest BCUT2D eigenvalue weighted by molar-refractivity contribution is 0.191. The minimum atomic E-state index is -0.107. The van der Waals surface area contributed by atoms with Gasteiger partial charge in [0.25, 0.3) is 5.56 Å². The molecule has 0 aromatic carbocycles. The molecule has 2 N–H and O–H groups in total. The van der Waals surface area contributed by atoms with Crippen LogP contribution < -0.4 is 11.3 Å². The SMILES string of the molecule is COCCCCn1cccc(N)c1=O. The van der Waals surface area contributed by atoms with Crippen molar-refractivity contribution in [3.05, 3.63) is 28.7 Å². The van der Waals surface area contributed by atoms with Crippen molar-refractivity contribution in [2.75, 3.05) is 19.5 Å². The van der Waals surface area contributed by atoms with E-state index in [-0.39, 0.29) is 5.56 Å². The van der Waals surface area contributed by atoms with Crippen LogP contribution >= 0.6 is 0 Å². The van der Waals surface area contributed by atoms with Gasteiger partial charge in [-0.3, -0.25) is 4.79 Å². The third-order valence-corrected chi connectivity index (χ3v) is 2.05. The molecule has 0 amide bonds. The minimum absolute atomic E-state index is 0.107. The molecule has 1 rings (SSSR count). The Morgan fingerprint density at radius 3 is 3.00 bits per heavy atom. The Bertz CT molecular complexity index is 333. The average Bonchev–Trinajstić information content (AvgIpc) is 2.19. The Morgan fingerprint density at radius 2 is 2.29 bits per heavy atom. The zero-order chi connectivity index (χ0) is 10.4. The average molecular weight is 196 g/mol. The van der Waals surface area contributed by atoms with Crippen LogP contribution in [-0.2, 0) is 11.3 Å². The summed E-state index contributed by atoms with van der Waals surface area (Å²) in [6.07, 6.45) is 3.64. The van der Waals surface area contributed by atoms with Gasteiger partial charge in [0.2, 0.25) is 0 Å². The van der Waals surface area contributed by atoms with Crippen LogP contribution in [0.1, 0.15) is 12.8 Å². The van der Waals surface area contributed by atoms with Gasteiger partial charge in [0.1, 0.15) is 0 Å². The van der Waals surface area contributed by atoms with E-state index in [2.05, 4.69) is 0 Å². The summed E-state index contributed by atoms with van der Waals surface area (Å²) in [6.45, 7) is 1.43. The Hall–Kier alpha value is -1.29. The van der Waals surface area contributed by atoms with E-state index in [4.69, 9.17) is 10.5 Å². The third kappa shape index (κ3) is 2.88. The number of aromatic nitrogens is 1. The van der Waals surface area contributed by atoms with Crippen molar-refractivity contribution in [2.24, 2.45) is 0 Å². The number of ether oxygens (including phenoxy) is 1. The number of anilines is 1. The van der Waals surface area contributed by atoms with Gasteiger partial charge >= 0.3 is 0 Å². The Labute approximate surface area is 83.3 Å². The van der Waals surface area contributed by atoms with Crippen LogP contribution in [0, 0.1) is 0 Å². The number of methoxy groups -OCH3 is 1. The third-order valence-electron chi connectivity index (χ3n) is 2.05. The second-order valence-corrected chi connectivity index (χ2v) is 3.16. The quantitative estimate of drug-likeness (QED) is 0.710. The Morgan fingerprint density at radius 1 is 1.50 bits per heavy atom. The number of nitrogens with zero attached hydrogens (tertiary/aromatic N) is 1. The summed E-state index contributed by atoms with van der Waals surface area (Å²) in [4.78, 5) is 11.4. The van der Waals surface area contributed by atoms with E-state index in [1.54, 1.807) is 30.0 Å². The molecule has 0 spiro atoms. The standard InChI is InChI=1S/C10H16N2O2/c1-14-8-3-2-6-12-7-4-5-9(11)10(12)13/h4-5,7H,2-3,6,8,11H2,1H3. The number of hydrogen-bond donors (Lipinski definition) is 1. The molecule has 0 radical (unpaired) electrons. The van der Waals surface area contributed by atoms with Gasteiger partial charge < -0.3 is 15.0 Å². The molecular weight excluding hydrogens is 180 g/mol. The highest BCUT2D eigenvalue weighted by Gasteiger charge is 1.98. The molecule has 0 atom stereocenters. The second kappa shape index (κ2) is 5.44. The lowest BCUT2D eigenvalue weighted by Crippen LogP contribution is -2.22. The summed E-state index contributed by atoms with van der Waals surface area (Å²) in [5.74, 6) is 0. The molecule has 78 valence electrons. The molecule has 0 aliphatic heterocycles. The number of pyridine rings is 1. The van der Waals surface area contributed by atoms with Crippen LogP contribution in [0.2, 0.25) is 0 Å². The van der Waals surface area contributed by atoms with Gasteiger partial charge in [-0.15, -0.1) is 0 Å². The van der Waals surface area contributed by atoms with Gasteiger partial charge in [0.15, 0.2) is 0 Å². The topological polar surface area (TPSA) is 57.2 Å². The Kier molecular flexibility index (Phi) is 4.19. The van der Waals surface area contributed by atoms with Crippen LogP contribution in [0.25, 0.3) is 0 Å². The summed E-state index contributed by atoms with van der Waals surface area (Å²) in [5.41, 5.74) is 5.69. The van der Waals surface area contributed by atoms with E-state index in [0.717, 1.165) is 19.4 Å². The second-order valence-electron chi connectivity index (χ2n) is 3.16. The van der Waals surface area contributed by atoms with Crippen molar-refractivity contribution < 1.29 is 4.74 Å². The van der Waals surface area contributed by atoms with Crippen LogP contribution in [0.15, 0.2) is 23.1 Å². The Balaban J connectivity index is 2.51. The van der Waals surface area contributed by atoms with Gasteiger partial charge in [0, 0.05) is 26.5 Å². The zero-order valence-electron chi connectivity index (χ0n) is 8.40. The fraction of sp³-hybridized carbons (Fsp3) is 0.500. The van der Waals surface area contributed by atoms with Crippen molar-refractivity contribution in [1.29, 1.82) is 0 Å². The van der Waals surface area contributed by atoms with Crippen LogP contribution in [0.4, 0.5) is 5.69 Å². The largest absolute Gasteiger partial charge is 0.394 e. The van der Waals surface area contributed by atoms with Crippen LogP contribution in [-0.4, -0.2) is 18.3 Å². The van der Waals surface area contributed by atoms with Gasteiger partial charge in [-0.25, -0.2) is 0 Å². The first-order chi connectivity index (χ1) is 6.75. The molecule has 0 aliphatic carbocycles. The highest BCUT2D eigenvalue weighted by atomic mass is 16.5. The molecule has 1 aromatic rings. The molecule has 0 fully saturated rings. The summed E-state index contributed by atoms with van der Waals surface area (Å²) >= 11 is 0. The fourth-order valence-electron chi connectivity index (χ4n) is 1.26. The summed E-state index contributed by atoms with van der Waals surface area (Å²) in [5, 5.41) is 0. The molecule has 0 aliphatic rings. The van der Waals surface area contributed by atoms with E-state index in [0.29, 0.717) is 12.2 Å². The highest BCUT2D eigenvalue weighted by Crippen LogP contribution is 1.96. The molecular formula is C10H16N2O2. The molecule has 1 heterocycles. The number of rotatable bonds is 5. The number of unbranched alkanes of at least 4 members (excludes halogenated alkanes) is 1. The normalized spacial score (nSPS) is 10.4. The van der Waals surface area contributed by atoms with E-state index >= 15 is 0 Å². The van der Waals surface area contributed by atoms with E-state index in [9.17, 15) is 4.79 Å². The van der Waals surface area contributed by atoms with Crippen molar-refractivity contribution in [1.82, 2.24) is 4.57 Å². The lowest BCUT2D eigenvalue weighted by Gasteiger charge is -2.05. The van der Waals surface area contributed by atoms with Crippen molar-refractivity contribution in [3.63, 3.8) is 0 Å². The number of aryl methyl sites for hydroxylation is 1. The van der Waals surface area contributed by atoms with Crippen molar-refractivity contribution in [2.45, 2.75) is 19.4 Å². The molecule has 1 aromatic heterocycles. The first-order valence-electron chi connectivity index (χ1n) is 4.69. The van der Waals surface area contributed by atoms with E-state index in [1.165, 1.54) is 0 Å². The summed E-state index contributed by atoms with van der Waals surface area (Å²) in [6, 6.07) is 3.40. The van der Waals surface area contributed by atoms with Crippen molar-refractivity contribution in [3.8, 4) is 0 Å². The maximum Gasteiger partial charge on any atom is 0.273 e. The number of nitrogen functional groups attached to an aromatic ring is 1. The first kappa shape index (κ1) is 10.8. The van der Waals surface area contributed by atoms with E-state index in [1.807, 2.05) is 0 Å². The van der Waals surface area contributed by atoms with Crippen molar-refractivity contribution >= 4 is 5.69 Å². The maximum atomic E-state index is 11.4. The number of nitrogens with two attached hydrogens (primary N) is 1. The summed E-state index contributed by atoms with van der Waals surface area (Å²) < 4.78 is 6.55. The number of hydrogen-bond acceptors (Lipinski definition) is 3. The smallest absolute Gasteiger partial charge is 0.273 e. The van der Waals surface area contributed by atoms with Crippen LogP contribution in [0.5, 0.6) is 0 Å². The van der Waals surface area contributed by atoms with Gasteiger partial charge in [-0.05, 0) is 25.0 Å². The molecule has 14 heavy (non-hydrogen) atoms. The molecule has 4 nitrogen and oxygen atoms in total.